The highest BCUT2D eigenvalue weighted by Crippen LogP contribution is 2.35. The minimum atomic E-state index is 0.0790. The zero-order chi connectivity index (χ0) is 14.8. The number of hydrogen-bond acceptors (Lipinski definition) is 4. The van der Waals surface area contributed by atoms with Gasteiger partial charge in [-0.05, 0) is 44.4 Å². The number of hydrogen-bond donors (Lipinski definition) is 1. The molecule has 0 aromatic heterocycles. The molecule has 1 amide bonds. The number of nitrogens with two attached hydrogens (primary N) is 1. The molecule has 0 saturated carbocycles. The molecule has 0 spiro atoms. The van der Waals surface area contributed by atoms with Crippen LogP contribution in [0.1, 0.15) is 26.2 Å². The van der Waals surface area contributed by atoms with Crippen molar-refractivity contribution in [1.29, 1.82) is 0 Å². The van der Waals surface area contributed by atoms with E-state index in [2.05, 4.69) is 4.90 Å². The third-order valence-corrected chi connectivity index (χ3v) is 4.16. The van der Waals surface area contributed by atoms with Gasteiger partial charge in [0.05, 0.1) is 18.8 Å². The van der Waals surface area contributed by atoms with Crippen LogP contribution >= 0.6 is 0 Å². The van der Waals surface area contributed by atoms with Crippen LogP contribution in [0.25, 0.3) is 0 Å². The molecule has 0 radical (unpaired) electrons. The maximum absolute atomic E-state index is 12.5. The van der Waals surface area contributed by atoms with Crippen LogP contribution in [0.3, 0.4) is 0 Å². The number of benzene rings is 1. The van der Waals surface area contributed by atoms with Crippen molar-refractivity contribution in [3.05, 3.63) is 18.2 Å². The van der Waals surface area contributed by atoms with Crippen molar-refractivity contribution < 1.29 is 9.53 Å². The molecule has 2 aliphatic rings. The summed E-state index contributed by atoms with van der Waals surface area (Å²) in [7, 11) is 0. The molecule has 1 aromatic carbocycles. The number of ether oxygens (including phenoxy) is 1. The van der Waals surface area contributed by atoms with Crippen LogP contribution in [0.5, 0.6) is 5.75 Å². The molecule has 1 unspecified atom stereocenters. The standard InChI is InChI=1S/C16H23N3O2/c1-12-10-19(11-16(20)18-7-3-2-4-8-18)14-9-13(17)5-6-15(14)21-12/h5-6,9,12H,2-4,7-8,10-11,17H2,1H3. The Hall–Kier alpha value is -1.91. The maximum atomic E-state index is 12.5. The van der Waals surface area contributed by atoms with E-state index in [9.17, 15) is 4.79 Å². The zero-order valence-corrected chi connectivity index (χ0v) is 12.5. The van der Waals surface area contributed by atoms with E-state index < -0.39 is 0 Å². The Morgan fingerprint density at radius 2 is 2.10 bits per heavy atom. The third-order valence-electron chi connectivity index (χ3n) is 4.16. The molecule has 2 N–H and O–H groups in total. The number of nitrogens with zero attached hydrogens (tertiary/aromatic N) is 2. The molecule has 3 rings (SSSR count). The molecule has 0 aliphatic carbocycles. The van der Waals surface area contributed by atoms with E-state index in [4.69, 9.17) is 10.5 Å². The minimum Gasteiger partial charge on any atom is -0.487 e. The first kappa shape index (κ1) is 14.0. The van der Waals surface area contributed by atoms with Crippen molar-refractivity contribution in [2.75, 3.05) is 36.8 Å². The minimum absolute atomic E-state index is 0.0790. The van der Waals surface area contributed by atoms with Crippen molar-refractivity contribution in [1.82, 2.24) is 4.90 Å². The Labute approximate surface area is 125 Å². The second-order valence-corrected chi connectivity index (χ2v) is 5.98. The number of carbonyl (C=O) groups excluding carboxylic acids is 1. The number of anilines is 2. The lowest BCUT2D eigenvalue weighted by Gasteiger charge is -2.36. The third kappa shape index (κ3) is 3.06. The Kier molecular flexibility index (Phi) is 3.90. The number of amides is 1. The first-order chi connectivity index (χ1) is 10.1. The summed E-state index contributed by atoms with van der Waals surface area (Å²) in [5.74, 6) is 1.02. The molecule has 1 aromatic rings. The summed E-state index contributed by atoms with van der Waals surface area (Å²) >= 11 is 0. The van der Waals surface area contributed by atoms with Crippen LogP contribution in [0.2, 0.25) is 0 Å². The monoisotopic (exact) mass is 289 g/mol. The summed E-state index contributed by atoms with van der Waals surface area (Å²) in [5, 5.41) is 0. The highest BCUT2D eigenvalue weighted by atomic mass is 16.5. The second-order valence-electron chi connectivity index (χ2n) is 5.98. The molecule has 2 aliphatic heterocycles. The van der Waals surface area contributed by atoms with Gasteiger partial charge in [-0.25, -0.2) is 0 Å². The van der Waals surface area contributed by atoms with Gasteiger partial charge in [-0.3, -0.25) is 4.79 Å². The van der Waals surface area contributed by atoms with Crippen molar-refractivity contribution in [2.24, 2.45) is 0 Å². The molecule has 2 heterocycles. The van der Waals surface area contributed by atoms with Crippen LogP contribution in [0.4, 0.5) is 11.4 Å². The van der Waals surface area contributed by atoms with Gasteiger partial charge in [0.25, 0.3) is 0 Å². The number of rotatable bonds is 2. The van der Waals surface area contributed by atoms with Gasteiger partial charge in [0.2, 0.25) is 5.91 Å². The molecule has 1 atom stereocenters. The molecule has 0 bridgehead atoms. The fourth-order valence-corrected chi connectivity index (χ4v) is 3.10. The van der Waals surface area contributed by atoms with E-state index in [-0.39, 0.29) is 12.0 Å². The summed E-state index contributed by atoms with van der Waals surface area (Å²) in [6.45, 7) is 4.93. The van der Waals surface area contributed by atoms with Crippen molar-refractivity contribution >= 4 is 17.3 Å². The normalized spacial score (nSPS) is 21.7. The van der Waals surface area contributed by atoms with Gasteiger partial charge >= 0.3 is 0 Å². The van der Waals surface area contributed by atoms with Crippen molar-refractivity contribution in [3.8, 4) is 5.75 Å². The van der Waals surface area contributed by atoms with Gasteiger partial charge in [-0.15, -0.1) is 0 Å². The van der Waals surface area contributed by atoms with E-state index in [0.29, 0.717) is 12.2 Å². The van der Waals surface area contributed by atoms with Gasteiger partial charge in [0, 0.05) is 18.8 Å². The largest absolute Gasteiger partial charge is 0.487 e. The quantitative estimate of drug-likeness (QED) is 0.844. The lowest BCUT2D eigenvalue weighted by atomic mass is 10.1. The Bertz CT molecular complexity index is 526. The van der Waals surface area contributed by atoms with Crippen molar-refractivity contribution in [3.63, 3.8) is 0 Å². The number of fused-ring (bicyclic) bond motifs is 1. The number of likely N-dealkylation sites (tertiary alicyclic amines) is 1. The predicted molar refractivity (Wildman–Crippen MR) is 83.6 cm³/mol. The van der Waals surface area contributed by atoms with E-state index >= 15 is 0 Å². The van der Waals surface area contributed by atoms with Gasteiger partial charge in [0.1, 0.15) is 11.9 Å². The molecular formula is C16H23N3O2. The fraction of sp³-hybridized carbons (Fsp3) is 0.562. The summed E-state index contributed by atoms with van der Waals surface area (Å²) < 4.78 is 5.82. The molecule has 5 nitrogen and oxygen atoms in total. The SMILES string of the molecule is CC1CN(CC(=O)N2CCCCC2)c2cc(N)ccc2O1. The topological polar surface area (TPSA) is 58.8 Å². The first-order valence-electron chi connectivity index (χ1n) is 7.72. The highest BCUT2D eigenvalue weighted by molar-refractivity contribution is 5.83. The summed E-state index contributed by atoms with van der Waals surface area (Å²) in [4.78, 5) is 16.6. The predicted octanol–water partition coefficient (Wildman–Crippen LogP) is 1.87. The average molecular weight is 289 g/mol. The molecule has 5 heteroatoms. The van der Waals surface area contributed by atoms with Gasteiger partial charge in [-0.2, -0.15) is 0 Å². The fourth-order valence-electron chi connectivity index (χ4n) is 3.10. The van der Waals surface area contributed by atoms with E-state index in [1.807, 2.05) is 30.0 Å². The van der Waals surface area contributed by atoms with Gasteiger partial charge in [-0.1, -0.05) is 0 Å². The molecular weight excluding hydrogens is 266 g/mol. The lowest BCUT2D eigenvalue weighted by molar-refractivity contribution is -0.130. The lowest BCUT2D eigenvalue weighted by Crippen LogP contribution is -2.46. The van der Waals surface area contributed by atoms with Gasteiger partial charge in [0.15, 0.2) is 0 Å². The van der Waals surface area contributed by atoms with E-state index in [1.54, 1.807) is 0 Å². The maximum Gasteiger partial charge on any atom is 0.242 e. The Balaban J connectivity index is 1.76. The summed E-state index contributed by atoms with van der Waals surface area (Å²) in [6.07, 6.45) is 3.55. The Morgan fingerprint density at radius 3 is 2.86 bits per heavy atom. The smallest absolute Gasteiger partial charge is 0.242 e. The molecule has 1 fully saturated rings. The van der Waals surface area contributed by atoms with Crippen LogP contribution in [-0.4, -0.2) is 43.1 Å². The molecule has 1 saturated heterocycles. The van der Waals surface area contributed by atoms with Crippen LogP contribution in [0.15, 0.2) is 18.2 Å². The van der Waals surface area contributed by atoms with Crippen LogP contribution < -0.4 is 15.4 Å². The van der Waals surface area contributed by atoms with Crippen LogP contribution in [0, 0.1) is 0 Å². The average Bonchev–Trinajstić information content (AvgIpc) is 2.49. The Morgan fingerprint density at radius 1 is 1.33 bits per heavy atom. The molecule has 114 valence electrons. The van der Waals surface area contributed by atoms with E-state index in [0.717, 1.165) is 43.9 Å². The second kappa shape index (κ2) is 5.84. The summed E-state index contributed by atoms with van der Waals surface area (Å²) in [5.41, 5.74) is 7.50. The number of piperidine rings is 1. The molecule has 21 heavy (non-hydrogen) atoms. The highest BCUT2D eigenvalue weighted by Gasteiger charge is 2.26. The number of nitrogen functional groups attached to an aromatic ring is 1. The van der Waals surface area contributed by atoms with Gasteiger partial charge < -0.3 is 20.3 Å². The van der Waals surface area contributed by atoms with Crippen LogP contribution in [-0.2, 0) is 4.79 Å². The van der Waals surface area contributed by atoms with E-state index in [1.165, 1.54) is 6.42 Å². The number of carbonyl (C=O) groups is 1. The summed E-state index contributed by atoms with van der Waals surface area (Å²) in [6, 6.07) is 5.62. The first-order valence-corrected chi connectivity index (χ1v) is 7.72. The zero-order valence-electron chi connectivity index (χ0n) is 12.5. The van der Waals surface area contributed by atoms with Crippen molar-refractivity contribution in [2.45, 2.75) is 32.3 Å².